The fourth-order valence-corrected chi connectivity index (χ4v) is 5.39. The maximum Gasteiger partial charge on any atom is 0.167 e. The van der Waals surface area contributed by atoms with Crippen molar-refractivity contribution >= 4 is 11.4 Å². The van der Waals surface area contributed by atoms with Gasteiger partial charge in [-0.15, -0.1) is 0 Å². The van der Waals surface area contributed by atoms with Crippen LogP contribution in [0, 0.1) is 24.2 Å². The first-order chi connectivity index (χ1) is 10.8. The van der Waals surface area contributed by atoms with Crippen LogP contribution in [0.25, 0.3) is 5.57 Å². The Morgan fingerprint density at radius 3 is 2.61 bits per heavy atom. The normalized spacial score (nSPS) is 30.4. The third-order valence-electron chi connectivity index (χ3n) is 6.72. The number of methoxy groups -OCH3 is 1. The molecule has 1 aromatic carbocycles. The summed E-state index contributed by atoms with van der Waals surface area (Å²) in [6.07, 6.45) is 3.00. The number of benzene rings is 1. The molecular formula is C21H26O2. The second kappa shape index (κ2) is 4.49. The van der Waals surface area contributed by atoms with Crippen LogP contribution < -0.4 is 4.74 Å². The number of rotatable bonds is 1. The van der Waals surface area contributed by atoms with Gasteiger partial charge in [-0.1, -0.05) is 27.4 Å². The highest BCUT2D eigenvalue weighted by molar-refractivity contribution is 6.07. The summed E-state index contributed by atoms with van der Waals surface area (Å²) in [6.45, 7) is 13.3. The highest BCUT2D eigenvalue weighted by Crippen LogP contribution is 2.70. The van der Waals surface area contributed by atoms with Gasteiger partial charge in [-0.25, -0.2) is 0 Å². The van der Waals surface area contributed by atoms with Gasteiger partial charge in [-0.05, 0) is 65.7 Å². The van der Waals surface area contributed by atoms with Crippen LogP contribution in [0.4, 0.5) is 0 Å². The SMILES string of the molecule is C=C1CC[C@H]2[C@@H](c3c(C)c(OC)c4c(c31)C(=O)[C@H](C)C4)C2(C)C. The molecule has 2 heteroatoms. The minimum absolute atomic E-state index is 0.0591. The van der Waals surface area contributed by atoms with Crippen molar-refractivity contribution in [1.82, 2.24) is 0 Å². The number of ether oxygens (including phenoxy) is 1. The Balaban J connectivity index is 2.08. The van der Waals surface area contributed by atoms with E-state index in [0.29, 0.717) is 17.3 Å². The Hall–Kier alpha value is -1.57. The van der Waals surface area contributed by atoms with Crippen LogP contribution in [-0.2, 0) is 6.42 Å². The van der Waals surface area contributed by atoms with E-state index < -0.39 is 0 Å². The Bertz CT molecular complexity index is 754. The summed E-state index contributed by atoms with van der Waals surface area (Å²) < 4.78 is 5.78. The molecule has 0 radical (unpaired) electrons. The summed E-state index contributed by atoms with van der Waals surface area (Å²) in [5.41, 5.74) is 7.33. The van der Waals surface area contributed by atoms with Crippen molar-refractivity contribution in [3.05, 3.63) is 34.4 Å². The smallest absolute Gasteiger partial charge is 0.167 e. The molecule has 0 spiro atoms. The number of hydrogen-bond acceptors (Lipinski definition) is 2. The van der Waals surface area contributed by atoms with Gasteiger partial charge in [-0.3, -0.25) is 4.79 Å². The first-order valence-electron chi connectivity index (χ1n) is 8.76. The summed E-state index contributed by atoms with van der Waals surface area (Å²) >= 11 is 0. The second-order valence-electron chi connectivity index (χ2n) is 8.32. The molecule has 3 aliphatic rings. The number of Topliss-reactive ketones (excluding diaryl/α,β-unsaturated/α-hetero) is 1. The van der Waals surface area contributed by atoms with Crippen molar-refractivity contribution in [3.8, 4) is 5.75 Å². The molecule has 3 atom stereocenters. The standard InChI is InChI=1S/C21H26O2/c1-10-7-8-14-18(21(14,4)5)16-12(3)20(23-6)13-9-11(2)19(22)17(13)15(10)16/h11,14,18H,1,7-9H2,2-6H3/t11-,14+,18+/m1/s1. The molecule has 0 aliphatic heterocycles. The van der Waals surface area contributed by atoms with Crippen molar-refractivity contribution in [2.45, 2.75) is 52.9 Å². The zero-order valence-corrected chi connectivity index (χ0v) is 14.9. The minimum Gasteiger partial charge on any atom is -0.496 e. The molecule has 0 N–H and O–H groups in total. The van der Waals surface area contributed by atoms with E-state index in [4.69, 9.17) is 4.74 Å². The van der Waals surface area contributed by atoms with E-state index in [1.54, 1.807) is 7.11 Å². The van der Waals surface area contributed by atoms with Crippen LogP contribution in [0.15, 0.2) is 6.58 Å². The number of carbonyl (C=O) groups excluding carboxylic acids is 1. The van der Waals surface area contributed by atoms with E-state index in [-0.39, 0.29) is 11.7 Å². The molecule has 0 unspecified atom stereocenters. The molecule has 0 bridgehead atoms. The van der Waals surface area contributed by atoms with Crippen LogP contribution >= 0.6 is 0 Å². The fourth-order valence-electron chi connectivity index (χ4n) is 5.39. The van der Waals surface area contributed by atoms with Crippen LogP contribution in [0.5, 0.6) is 5.75 Å². The van der Waals surface area contributed by atoms with E-state index >= 15 is 0 Å². The lowest BCUT2D eigenvalue weighted by molar-refractivity contribution is 0.0946. The van der Waals surface area contributed by atoms with Gasteiger partial charge in [0.2, 0.25) is 0 Å². The maximum atomic E-state index is 12.9. The molecular weight excluding hydrogens is 284 g/mol. The van der Waals surface area contributed by atoms with Gasteiger partial charge in [0.25, 0.3) is 0 Å². The van der Waals surface area contributed by atoms with Gasteiger partial charge in [0, 0.05) is 17.0 Å². The quantitative estimate of drug-likeness (QED) is 0.735. The van der Waals surface area contributed by atoms with Crippen LogP contribution in [0.2, 0.25) is 0 Å². The summed E-state index contributed by atoms with van der Waals surface area (Å²) in [6, 6.07) is 0. The average molecular weight is 310 g/mol. The molecule has 0 amide bonds. The number of carbonyl (C=O) groups is 1. The fraction of sp³-hybridized carbons (Fsp3) is 0.571. The van der Waals surface area contributed by atoms with Crippen molar-refractivity contribution < 1.29 is 9.53 Å². The second-order valence-corrected chi connectivity index (χ2v) is 8.32. The Kier molecular flexibility index (Phi) is 2.93. The van der Waals surface area contributed by atoms with E-state index in [1.165, 1.54) is 23.1 Å². The predicted molar refractivity (Wildman–Crippen MR) is 93.2 cm³/mol. The van der Waals surface area contributed by atoms with E-state index in [1.807, 2.05) is 6.92 Å². The van der Waals surface area contributed by atoms with Gasteiger partial charge < -0.3 is 4.74 Å². The number of allylic oxidation sites excluding steroid dienone is 1. The molecule has 0 aromatic heterocycles. The Morgan fingerprint density at radius 1 is 1.26 bits per heavy atom. The van der Waals surface area contributed by atoms with Crippen molar-refractivity contribution in [2.24, 2.45) is 17.3 Å². The average Bonchev–Trinajstić information content (AvgIpc) is 2.97. The molecule has 1 aromatic rings. The highest BCUT2D eigenvalue weighted by Gasteiger charge is 2.60. The van der Waals surface area contributed by atoms with Crippen LogP contribution in [0.1, 0.15) is 72.1 Å². The number of hydrogen-bond donors (Lipinski definition) is 0. The zero-order valence-electron chi connectivity index (χ0n) is 14.9. The molecule has 122 valence electrons. The van der Waals surface area contributed by atoms with Gasteiger partial charge in [0.05, 0.1) is 7.11 Å². The minimum atomic E-state index is 0.0591. The van der Waals surface area contributed by atoms with Crippen LogP contribution in [0.3, 0.4) is 0 Å². The predicted octanol–water partition coefficient (Wildman–Crippen LogP) is 4.93. The molecule has 0 heterocycles. The third-order valence-corrected chi connectivity index (χ3v) is 6.72. The summed E-state index contributed by atoms with van der Waals surface area (Å²) in [4.78, 5) is 12.9. The first kappa shape index (κ1) is 15.0. The molecule has 2 nitrogen and oxygen atoms in total. The zero-order chi connectivity index (χ0) is 16.7. The number of fused-ring (bicyclic) bond motifs is 5. The first-order valence-corrected chi connectivity index (χ1v) is 8.76. The maximum absolute atomic E-state index is 12.9. The molecule has 1 fully saturated rings. The summed E-state index contributed by atoms with van der Waals surface area (Å²) in [5.74, 6) is 2.54. The topological polar surface area (TPSA) is 26.3 Å². The lowest BCUT2D eigenvalue weighted by Gasteiger charge is -2.22. The largest absolute Gasteiger partial charge is 0.496 e. The Morgan fingerprint density at radius 2 is 1.96 bits per heavy atom. The van der Waals surface area contributed by atoms with Gasteiger partial charge in [0.15, 0.2) is 5.78 Å². The lowest BCUT2D eigenvalue weighted by atomic mass is 9.83. The van der Waals surface area contributed by atoms with Crippen molar-refractivity contribution in [3.63, 3.8) is 0 Å². The Labute approximate surface area is 138 Å². The van der Waals surface area contributed by atoms with Gasteiger partial charge >= 0.3 is 0 Å². The molecule has 4 rings (SSSR count). The highest BCUT2D eigenvalue weighted by atomic mass is 16.5. The molecule has 23 heavy (non-hydrogen) atoms. The van der Waals surface area contributed by atoms with Gasteiger partial charge in [-0.2, -0.15) is 0 Å². The molecule has 3 aliphatic carbocycles. The summed E-state index contributed by atoms with van der Waals surface area (Å²) in [7, 11) is 1.74. The summed E-state index contributed by atoms with van der Waals surface area (Å²) in [5, 5.41) is 0. The van der Waals surface area contributed by atoms with Crippen molar-refractivity contribution in [1.29, 1.82) is 0 Å². The molecule has 0 saturated heterocycles. The van der Waals surface area contributed by atoms with Gasteiger partial charge in [0.1, 0.15) is 5.75 Å². The lowest BCUT2D eigenvalue weighted by Crippen LogP contribution is -2.10. The van der Waals surface area contributed by atoms with E-state index in [2.05, 4.69) is 27.4 Å². The van der Waals surface area contributed by atoms with Crippen LogP contribution in [-0.4, -0.2) is 12.9 Å². The monoisotopic (exact) mass is 310 g/mol. The number of ketones is 1. The van der Waals surface area contributed by atoms with Crippen molar-refractivity contribution in [2.75, 3.05) is 7.11 Å². The third kappa shape index (κ3) is 1.72. The van der Waals surface area contributed by atoms with E-state index in [9.17, 15) is 4.79 Å². The molecule has 1 saturated carbocycles. The van der Waals surface area contributed by atoms with E-state index in [0.717, 1.165) is 35.3 Å².